The highest BCUT2D eigenvalue weighted by molar-refractivity contribution is 5.93. The van der Waals surface area contributed by atoms with Gasteiger partial charge in [0, 0.05) is 24.7 Å². The maximum Gasteiger partial charge on any atom is 0.0716 e. The number of pyridine rings is 1. The zero-order valence-electron chi connectivity index (χ0n) is 15.4. The standard InChI is InChI=1S/C26H18N2/c1-3-7-20-16(5-1)13-18-9-10-24-21(25(18)20)14-19-11-12-27-22-15-17-6-2-4-8-23(17)28(24)26(19)22/h1-12H,13-15H2. The molecule has 2 aliphatic heterocycles. The lowest BCUT2D eigenvalue weighted by Gasteiger charge is -2.39. The molecule has 0 saturated carbocycles. The van der Waals surface area contributed by atoms with E-state index in [1.165, 1.54) is 61.7 Å². The predicted octanol–water partition coefficient (Wildman–Crippen LogP) is 5.93. The van der Waals surface area contributed by atoms with Crippen molar-refractivity contribution in [3.05, 3.63) is 106 Å². The first-order valence-electron chi connectivity index (χ1n) is 9.96. The zero-order chi connectivity index (χ0) is 18.2. The Morgan fingerprint density at radius 2 is 1.50 bits per heavy atom. The molecule has 3 heterocycles. The molecule has 0 fully saturated rings. The number of aromatic nitrogens is 1. The molecule has 132 valence electrons. The number of para-hydroxylation sites is 1. The minimum atomic E-state index is 0.916. The third-order valence-corrected chi connectivity index (χ3v) is 6.55. The van der Waals surface area contributed by atoms with Gasteiger partial charge in [-0.05, 0) is 63.6 Å². The van der Waals surface area contributed by atoms with E-state index in [2.05, 4.69) is 71.6 Å². The first-order chi connectivity index (χ1) is 13.9. The zero-order valence-corrected chi connectivity index (χ0v) is 15.4. The number of anilines is 3. The topological polar surface area (TPSA) is 16.1 Å². The van der Waals surface area contributed by atoms with Gasteiger partial charge < -0.3 is 4.90 Å². The quantitative estimate of drug-likeness (QED) is 0.334. The fourth-order valence-corrected chi connectivity index (χ4v) is 5.39. The Bertz CT molecular complexity index is 1300. The number of fused-ring (bicyclic) bond motifs is 8. The summed E-state index contributed by atoms with van der Waals surface area (Å²) >= 11 is 0. The monoisotopic (exact) mass is 358 g/mol. The Labute approximate surface area is 164 Å². The molecule has 0 bridgehead atoms. The smallest absolute Gasteiger partial charge is 0.0716 e. The van der Waals surface area contributed by atoms with Crippen LogP contribution in [0.1, 0.15) is 33.5 Å². The van der Waals surface area contributed by atoms with Crippen LogP contribution in [-0.4, -0.2) is 4.98 Å². The van der Waals surface area contributed by atoms with Gasteiger partial charge in [0.1, 0.15) is 0 Å². The molecule has 1 aliphatic carbocycles. The van der Waals surface area contributed by atoms with Gasteiger partial charge in [-0.25, -0.2) is 0 Å². The lowest BCUT2D eigenvalue weighted by Crippen LogP contribution is -2.25. The molecular weight excluding hydrogens is 340 g/mol. The molecule has 0 saturated heterocycles. The number of rotatable bonds is 0. The summed E-state index contributed by atoms with van der Waals surface area (Å²) in [5, 5.41) is 0. The van der Waals surface area contributed by atoms with Crippen molar-refractivity contribution in [2.45, 2.75) is 19.3 Å². The summed E-state index contributed by atoms with van der Waals surface area (Å²) < 4.78 is 0. The van der Waals surface area contributed by atoms with Gasteiger partial charge in [-0.2, -0.15) is 0 Å². The molecule has 28 heavy (non-hydrogen) atoms. The second-order valence-electron chi connectivity index (χ2n) is 8.01. The molecule has 7 rings (SSSR count). The highest BCUT2D eigenvalue weighted by Crippen LogP contribution is 2.53. The van der Waals surface area contributed by atoms with Crippen molar-refractivity contribution in [1.82, 2.24) is 4.98 Å². The molecule has 0 radical (unpaired) electrons. The van der Waals surface area contributed by atoms with E-state index >= 15 is 0 Å². The fourth-order valence-electron chi connectivity index (χ4n) is 5.39. The maximum atomic E-state index is 4.75. The van der Waals surface area contributed by atoms with Gasteiger partial charge in [-0.3, -0.25) is 4.98 Å². The van der Waals surface area contributed by atoms with Crippen LogP contribution in [0.25, 0.3) is 11.1 Å². The van der Waals surface area contributed by atoms with Gasteiger partial charge in [-0.15, -0.1) is 0 Å². The van der Waals surface area contributed by atoms with Crippen LogP contribution in [0.5, 0.6) is 0 Å². The molecule has 0 spiro atoms. The summed E-state index contributed by atoms with van der Waals surface area (Å²) in [4.78, 5) is 7.22. The Morgan fingerprint density at radius 3 is 2.46 bits per heavy atom. The third-order valence-electron chi connectivity index (χ3n) is 6.55. The Morgan fingerprint density at radius 1 is 0.643 bits per heavy atom. The first-order valence-corrected chi connectivity index (χ1v) is 9.96. The van der Waals surface area contributed by atoms with E-state index in [0.29, 0.717) is 0 Å². The Hall–Kier alpha value is -3.39. The van der Waals surface area contributed by atoms with E-state index in [1.807, 2.05) is 6.20 Å². The number of nitrogens with zero attached hydrogens (tertiary/aromatic N) is 2. The lowest BCUT2D eigenvalue weighted by atomic mass is 9.85. The Balaban J connectivity index is 1.56. The fraction of sp³-hybridized carbons (Fsp3) is 0.115. The highest BCUT2D eigenvalue weighted by Gasteiger charge is 2.34. The third kappa shape index (κ3) is 1.75. The lowest BCUT2D eigenvalue weighted by molar-refractivity contribution is 0.960. The molecule has 0 atom stereocenters. The molecule has 0 amide bonds. The van der Waals surface area contributed by atoms with Crippen molar-refractivity contribution in [3.63, 3.8) is 0 Å². The first kappa shape index (κ1) is 14.6. The van der Waals surface area contributed by atoms with Crippen molar-refractivity contribution in [2.24, 2.45) is 0 Å². The number of benzene rings is 3. The molecule has 3 aromatic carbocycles. The van der Waals surface area contributed by atoms with E-state index < -0.39 is 0 Å². The van der Waals surface area contributed by atoms with Crippen LogP contribution in [0.15, 0.2) is 72.9 Å². The second kappa shape index (κ2) is 5.11. The number of hydrogen-bond donors (Lipinski definition) is 0. The van der Waals surface area contributed by atoms with Crippen molar-refractivity contribution >= 4 is 17.1 Å². The molecule has 4 aromatic rings. The van der Waals surface area contributed by atoms with E-state index in [9.17, 15) is 0 Å². The maximum absolute atomic E-state index is 4.75. The van der Waals surface area contributed by atoms with Crippen molar-refractivity contribution in [3.8, 4) is 11.1 Å². The van der Waals surface area contributed by atoms with Crippen LogP contribution in [0, 0.1) is 0 Å². The largest absolute Gasteiger partial charge is 0.308 e. The Kier molecular flexibility index (Phi) is 2.67. The van der Waals surface area contributed by atoms with Gasteiger partial charge in [0.05, 0.1) is 17.1 Å². The van der Waals surface area contributed by atoms with Gasteiger partial charge in [-0.1, -0.05) is 48.5 Å². The molecule has 2 nitrogen and oxygen atoms in total. The van der Waals surface area contributed by atoms with Crippen molar-refractivity contribution < 1.29 is 0 Å². The average Bonchev–Trinajstić information content (AvgIpc) is 3.12. The van der Waals surface area contributed by atoms with Crippen molar-refractivity contribution in [1.29, 1.82) is 0 Å². The van der Waals surface area contributed by atoms with E-state index in [1.54, 1.807) is 0 Å². The second-order valence-corrected chi connectivity index (χ2v) is 8.01. The van der Waals surface area contributed by atoms with Crippen LogP contribution in [-0.2, 0) is 19.3 Å². The van der Waals surface area contributed by atoms with E-state index in [0.717, 1.165) is 19.3 Å². The van der Waals surface area contributed by atoms with Crippen LogP contribution in [0.2, 0.25) is 0 Å². The minimum Gasteiger partial charge on any atom is -0.308 e. The summed E-state index contributed by atoms with van der Waals surface area (Å²) in [6.45, 7) is 0. The molecule has 2 heteroatoms. The predicted molar refractivity (Wildman–Crippen MR) is 113 cm³/mol. The SMILES string of the molecule is c1ccc2c(c1)Cc1ccc3c(c1-2)Cc1ccnc2c1N3c1ccccc1C2. The summed E-state index contributed by atoms with van der Waals surface area (Å²) in [5.41, 5.74) is 15.1. The normalized spacial score (nSPS) is 14.6. The van der Waals surface area contributed by atoms with Crippen molar-refractivity contribution in [2.75, 3.05) is 4.90 Å². The van der Waals surface area contributed by atoms with Crippen LogP contribution >= 0.6 is 0 Å². The molecule has 0 unspecified atom stereocenters. The van der Waals surface area contributed by atoms with E-state index in [-0.39, 0.29) is 0 Å². The molecule has 1 aromatic heterocycles. The minimum absolute atomic E-state index is 0.916. The molecular formula is C26H18N2. The van der Waals surface area contributed by atoms with Gasteiger partial charge >= 0.3 is 0 Å². The molecule has 0 N–H and O–H groups in total. The van der Waals surface area contributed by atoms with Crippen LogP contribution in [0.3, 0.4) is 0 Å². The number of hydrogen-bond acceptors (Lipinski definition) is 2. The van der Waals surface area contributed by atoms with Gasteiger partial charge in [0.15, 0.2) is 0 Å². The van der Waals surface area contributed by atoms with Gasteiger partial charge in [0.25, 0.3) is 0 Å². The van der Waals surface area contributed by atoms with E-state index in [4.69, 9.17) is 4.98 Å². The molecule has 3 aliphatic rings. The van der Waals surface area contributed by atoms with Gasteiger partial charge in [0.2, 0.25) is 0 Å². The van der Waals surface area contributed by atoms with Crippen LogP contribution in [0.4, 0.5) is 17.1 Å². The summed E-state index contributed by atoms with van der Waals surface area (Å²) in [7, 11) is 0. The summed E-state index contributed by atoms with van der Waals surface area (Å²) in [5.74, 6) is 0. The average molecular weight is 358 g/mol. The van der Waals surface area contributed by atoms with Crippen LogP contribution < -0.4 is 4.90 Å². The summed E-state index contributed by atoms with van der Waals surface area (Å²) in [6, 6.07) is 24.6. The highest BCUT2D eigenvalue weighted by atomic mass is 15.2. The summed E-state index contributed by atoms with van der Waals surface area (Å²) in [6.07, 6.45) is 4.93.